The van der Waals surface area contributed by atoms with Gasteiger partial charge in [-0.3, -0.25) is 9.59 Å². The molecule has 2 N–H and O–H groups in total. The maximum atomic E-state index is 12.6. The Morgan fingerprint density at radius 3 is 2.50 bits per heavy atom. The van der Waals surface area contributed by atoms with E-state index >= 15 is 0 Å². The van der Waals surface area contributed by atoms with E-state index in [0.717, 1.165) is 25.7 Å². The maximum Gasteiger partial charge on any atom is 0.307 e. The lowest BCUT2D eigenvalue weighted by molar-refractivity contribution is -0.147. The topological polar surface area (TPSA) is 75.6 Å². The van der Waals surface area contributed by atoms with E-state index in [-0.39, 0.29) is 5.91 Å². The van der Waals surface area contributed by atoms with Gasteiger partial charge in [-0.2, -0.15) is 0 Å². The summed E-state index contributed by atoms with van der Waals surface area (Å²) in [6.45, 7) is 0.593. The van der Waals surface area contributed by atoms with Crippen LogP contribution in [0, 0.1) is 11.8 Å². The fraction of sp³-hybridized carbons (Fsp3) is 0.391. The number of carboxylic acids is 1. The molecule has 2 atom stereocenters. The molecule has 1 fully saturated rings. The number of hydrogen-bond donors (Lipinski definition) is 2. The molecule has 2 aromatic rings. The number of ether oxygens (including phenoxy) is 1. The molecular formula is C23H27NO4. The van der Waals surface area contributed by atoms with E-state index in [2.05, 4.69) is 17.4 Å². The van der Waals surface area contributed by atoms with Crippen molar-refractivity contribution in [1.82, 2.24) is 0 Å². The molecule has 0 radical (unpaired) electrons. The number of aryl methyl sites for hydroxylation is 1. The quantitative estimate of drug-likeness (QED) is 0.659. The molecule has 148 valence electrons. The standard InChI is InChI=1S/C23H27NO4/c25-22(20-13-4-5-14-21(20)23(26)27)24-18-11-6-12-19(16-18)28-15-7-10-17-8-2-1-3-9-17/h1-3,6,8-9,11-12,16,20-21H,4-5,7,10,13-15H2,(H,24,25)(H,26,27). The summed E-state index contributed by atoms with van der Waals surface area (Å²) in [4.78, 5) is 24.0. The van der Waals surface area contributed by atoms with Crippen molar-refractivity contribution in [3.05, 3.63) is 60.2 Å². The minimum Gasteiger partial charge on any atom is -0.494 e. The summed E-state index contributed by atoms with van der Waals surface area (Å²) in [5.74, 6) is -1.46. The third-order valence-electron chi connectivity index (χ3n) is 5.24. The number of aliphatic carboxylic acids is 1. The number of carbonyl (C=O) groups excluding carboxylic acids is 1. The van der Waals surface area contributed by atoms with E-state index in [1.54, 1.807) is 12.1 Å². The van der Waals surface area contributed by atoms with Crippen LogP contribution in [0.5, 0.6) is 5.75 Å². The fourth-order valence-electron chi connectivity index (χ4n) is 3.75. The van der Waals surface area contributed by atoms with Gasteiger partial charge in [0.1, 0.15) is 5.75 Å². The number of carbonyl (C=O) groups is 2. The van der Waals surface area contributed by atoms with E-state index in [0.29, 0.717) is 30.9 Å². The molecule has 2 unspecified atom stereocenters. The Balaban J connectivity index is 1.51. The zero-order valence-corrected chi connectivity index (χ0v) is 16.0. The van der Waals surface area contributed by atoms with Crippen LogP contribution in [0.1, 0.15) is 37.7 Å². The SMILES string of the molecule is O=C(O)C1CCCCC1C(=O)Nc1cccc(OCCCc2ccccc2)c1. The molecule has 1 saturated carbocycles. The van der Waals surface area contributed by atoms with Gasteiger partial charge in [-0.05, 0) is 43.4 Å². The van der Waals surface area contributed by atoms with Gasteiger partial charge in [-0.25, -0.2) is 0 Å². The Morgan fingerprint density at radius 2 is 1.75 bits per heavy atom. The third-order valence-corrected chi connectivity index (χ3v) is 5.24. The molecule has 1 amide bonds. The van der Waals surface area contributed by atoms with Gasteiger partial charge in [0.25, 0.3) is 0 Å². The van der Waals surface area contributed by atoms with Crippen molar-refractivity contribution in [2.24, 2.45) is 11.8 Å². The average Bonchev–Trinajstić information content (AvgIpc) is 2.72. The summed E-state index contributed by atoms with van der Waals surface area (Å²) in [7, 11) is 0. The molecule has 0 spiro atoms. The van der Waals surface area contributed by atoms with Gasteiger partial charge in [-0.1, -0.05) is 49.2 Å². The minimum atomic E-state index is -0.879. The predicted molar refractivity (Wildman–Crippen MR) is 108 cm³/mol. The normalized spacial score (nSPS) is 19.0. The molecule has 0 saturated heterocycles. The minimum absolute atomic E-state index is 0.215. The molecule has 5 heteroatoms. The fourth-order valence-corrected chi connectivity index (χ4v) is 3.75. The Bertz CT molecular complexity index is 790. The number of nitrogens with one attached hydrogen (secondary N) is 1. The number of amides is 1. The highest BCUT2D eigenvalue weighted by molar-refractivity contribution is 5.95. The number of carboxylic acid groups (broad SMARTS) is 1. The smallest absolute Gasteiger partial charge is 0.307 e. The molecule has 0 bridgehead atoms. The Kier molecular flexibility index (Phi) is 7.06. The highest BCUT2D eigenvalue weighted by atomic mass is 16.5. The Labute approximate surface area is 165 Å². The van der Waals surface area contributed by atoms with Crippen LogP contribution in [0.4, 0.5) is 5.69 Å². The third kappa shape index (κ3) is 5.59. The van der Waals surface area contributed by atoms with Gasteiger partial charge in [0, 0.05) is 11.8 Å². The van der Waals surface area contributed by atoms with Crippen molar-refractivity contribution in [3.63, 3.8) is 0 Å². The van der Waals surface area contributed by atoms with Gasteiger partial charge >= 0.3 is 5.97 Å². The van der Waals surface area contributed by atoms with Crippen molar-refractivity contribution >= 4 is 17.6 Å². The molecule has 5 nitrogen and oxygen atoms in total. The summed E-state index contributed by atoms with van der Waals surface area (Å²) in [5.41, 5.74) is 1.92. The zero-order valence-electron chi connectivity index (χ0n) is 16.0. The van der Waals surface area contributed by atoms with Crippen LogP contribution in [-0.2, 0) is 16.0 Å². The lowest BCUT2D eigenvalue weighted by Crippen LogP contribution is -2.36. The lowest BCUT2D eigenvalue weighted by Gasteiger charge is -2.27. The molecule has 1 aliphatic carbocycles. The van der Waals surface area contributed by atoms with Crippen molar-refractivity contribution in [1.29, 1.82) is 0 Å². The molecule has 3 rings (SSSR count). The van der Waals surface area contributed by atoms with Gasteiger partial charge in [-0.15, -0.1) is 0 Å². The molecular weight excluding hydrogens is 354 g/mol. The summed E-state index contributed by atoms with van der Waals surface area (Å²) in [6.07, 6.45) is 4.81. The van der Waals surface area contributed by atoms with Crippen LogP contribution in [-0.4, -0.2) is 23.6 Å². The van der Waals surface area contributed by atoms with Gasteiger partial charge in [0.2, 0.25) is 5.91 Å². The van der Waals surface area contributed by atoms with Crippen LogP contribution >= 0.6 is 0 Å². The van der Waals surface area contributed by atoms with Crippen molar-refractivity contribution < 1.29 is 19.4 Å². The van der Waals surface area contributed by atoms with Crippen LogP contribution in [0.2, 0.25) is 0 Å². The van der Waals surface area contributed by atoms with Crippen LogP contribution in [0.15, 0.2) is 54.6 Å². The van der Waals surface area contributed by atoms with Crippen molar-refractivity contribution in [2.45, 2.75) is 38.5 Å². The van der Waals surface area contributed by atoms with E-state index < -0.39 is 17.8 Å². The molecule has 0 heterocycles. The highest BCUT2D eigenvalue weighted by Gasteiger charge is 2.35. The maximum absolute atomic E-state index is 12.6. The largest absolute Gasteiger partial charge is 0.494 e. The lowest BCUT2D eigenvalue weighted by atomic mass is 9.78. The average molecular weight is 381 g/mol. The van der Waals surface area contributed by atoms with Gasteiger partial charge in [0.05, 0.1) is 18.4 Å². The second-order valence-electron chi connectivity index (χ2n) is 7.29. The first-order chi connectivity index (χ1) is 13.6. The Morgan fingerprint density at radius 1 is 1.00 bits per heavy atom. The monoisotopic (exact) mass is 381 g/mol. The van der Waals surface area contributed by atoms with Gasteiger partial charge < -0.3 is 15.2 Å². The molecule has 2 aromatic carbocycles. The molecule has 0 aromatic heterocycles. The number of benzene rings is 2. The summed E-state index contributed by atoms with van der Waals surface area (Å²) < 4.78 is 5.81. The van der Waals surface area contributed by atoms with Crippen LogP contribution in [0.3, 0.4) is 0 Å². The number of hydrogen-bond acceptors (Lipinski definition) is 3. The summed E-state index contributed by atoms with van der Waals surface area (Å²) in [5, 5.41) is 12.2. The summed E-state index contributed by atoms with van der Waals surface area (Å²) >= 11 is 0. The van der Waals surface area contributed by atoms with Crippen molar-refractivity contribution in [2.75, 3.05) is 11.9 Å². The first-order valence-corrected chi connectivity index (χ1v) is 9.94. The van der Waals surface area contributed by atoms with Crippen LogP contribution in [0.25, 0.3) is 0 Å². The Hall–Kier alpha value is -2.82. The van der Waals surface area contributed by atoms with E-state index in [1.807, 2.05) is 30.3 Å². The molecule has 28 heavy (non-hydrogen) atoms. The first kappa shape index (κ1) is 19.9. The van der Waals surface area contributed by atoms with E-state index in [9.17, 15) is 14.7 Å². The van der Waals surface area contributed by atoms with E-state index in [1.165, 1.54) is 5.56 Å². The predicted octanol–water partition coefficient (Wildman–Crippen LogP) is 4.53. The second-order valence-corrected chi connectivity index (χ2v) is 7.29. The van der Waals surface area contributed by atoms with Gasteiger partial charge in [0.15, 0.2) is 0 Å². The first-order valence-electron chi connectivity index (χ1n) is 9.94. The number of anilines is 1. The van der Waals surface area contributed by atoms with Crippen LogP contribution < -0.4 is 10.1 Å². The molecule has 1 aliphatic rings. The van der Waals surface area contributed by atoms with Crippen molar-refractivity contribution in [3.8, 4) is 5.75 Å². The second kappa shape index (κ2) is 9.93. The highest BCUT2D eigenvalue weighted by Crippen LogP contribution is 2.31. The zero-order chi connectivity index (χ0) is 19.8. The summed E-state index contributed by atoms with van der Waals surface area (Å²) in [6, 6.07) is 17.6. The van der Waals surface area contributed by atoms with E-state index in [4.69, 9.17) is 4.74 Å². The molecule has 0 aliphatic heterocycles. The number of rotatable bonds is 8.